The molecular formula is C13H14F2N2O. The minimum absolute atomic E-state index is 0.0696. The Bertz CT molecular complexity index is 540. The van der Waals surface area contributed by atoms with Gasteiger partial charge >= 0.3 is 0 Å². The summed E-state index contributed by atoms with van der Waals surface area (Å²) < 4.78 is 28.0. The van der Waals surface area contributed by atoms with Crippen molar-refractivity contribution in [2.45, 2.75) is 18.9 Å². The van der Waals surface area contributed by atoms with E-state index in [0.29, 0.717) is 6.42 Å². The number of rotatable bonds is 4. The molecule has 0 bridgehead atoms. The van der Waals surface area contributed by atoms with Gasteiger partial charge in [0.15, 0.2) is 11.6 Å². The number of aliphatic hydroxyl groups is 1. The molecule has 0 spiro atoms. The van der Waals surface area contributed by atoms with Crippen LogP contribution in [0.5, 0.6) is 0 Å². The highest BCUT2D eigenvalue weighted by Crippen LogP contribution is 2.14. The van der Waals surface area contributed by atoms with Crippen LogP contribution >= 0.6 is 0 Å². The van der Waals surface area contributed by atoms with E-state index in [1.165, 1.54) is 12.1 Å². The number of aromatic nitrogens is 2. The average Bonchev–Trinajstić information content (AvgIpc) is 2.70. The molecule has 1 aromatic carbocycles. The molecule has 0 amide bonds. The fourth-order valence-electron chi connectivity index (χ4n) is 1.85. The van der Waals surface area contributed by atoms with Gasteiger partial charge < -0.3 is 5.11 Å². The van der Waals surface area contributed by atoms with E-state index in [9.17, 15) is 13.9 Å². The lowest BCUT2D eigenvalue weighted by Gasteiger charge is -2.10. The van der Waals surface area contributed by atoms with Crippen LogP contribution < -0.4 is 0 Å². The van der Waals surface area contributed by atoms with Crippen LogP contribution in [0.4, 0.5) is 8.78 Å². The maximum Gasteiger partial charge on any atom is 0.162 e. The zero-order valence-electron chi connectivity index (χ0n) is 9.98. The normalized spacial score (nSPS) is 12.7. The molecule has 1 atom stereocenters. The Hall–Kier alpha value is -1.75. The van der Waals surface area contributed by atoms with E-state index in [0.717, 1.165) is 11.8 Å². The third-order valence-corrected chi connectivity index (χ3v) is 2.70. The van der Waals surface area contributed by atoms with E-state index >= 15 is 0 Å². The summed E-state index contributed by atoms with van der Waals surface area (Å²) in [5.74, 6) is -1.78. The topological polar surface area (TPSA) is 38.0 Å². The molecule has 3 nitrogen and oxygen atoms in total. The Labute approximate surface area is 104 Å². The minimum atomic E-state index is -0.891. The second kappa shape index (κ2) is 5.27. The molecule has 0 aliphatic rings. The van der Waals surface area contributed by atoms with Gasteiger partial charge in [0, 0.05) is 26.1 Å². The van der Waals surface area contributed by atoms with Gasteiger partial charge in [0.2, 0.25) is 0 Å². The number of hydrogen-bond donors (Lipinski definition) is 1. The molecule has 1 aromatic heterocycles. The SMILES string of the molecule is Cn1ccc(CC(O)Cc2cccc(F)c2F)n1. The van der Waals surface area contributed by atoms with Crippen LogP contribution in [-0.2, 0) is 19.9 Å². The smallest absolute Gasteiger partial charge is 0.162 e. The second-order valence-corrected chi connectivity index (χ2v) is 4.26. The summed E-state index contributed by atoms with van der Waals surface area (Å²) in [6.07, 6.45) is 1.37. The first-order valence-corrected chi connectivity index (χ1v) is 5.65. The molecule has 5 heteroatoms. The summed E-state index contributed by atoms with van der Waals surface area (Å²) >= 11 is 0. The van der Waals surface area contributed by atoms with Crippen LogP contribution in [-0.4, -0.2) is 21.0 Å². The molecule has 0 radical (unpaired) electrons. The van der Waals surface area contributed by atoms with E-state index in [2.05, 4.69) is 5.10 Å². The van der Waals surface area contributed by atoms with Crippen molar-refractivity contribution in [1.82, 2.24) is 9.78 Å². The first-order chi connectivity index (χ1) is 8.56. The highest BCUT2D eigenvalue weighted by Gasteiger charge is 2.13. The summed E-state index contributed by atoms with van der Waals surface area (Å²) in [5.41, 5.74) is 0.903. The van der Waals surface area contributed by atoms with Crippen molar-refractivity contribution in [3.8, 4) is 0 Å². The van der Waals surface area contributed by atoms with Crippen molar-refractivity contribution in [2.24, 2.45) is 7.05 Å². The monoisotopic (exact) mass is 252 g/mol. The number of aryl methyl sites for hydroxylation is 1. The summed E-state index contributed by atoms with van der Waals surface area (Å²) in [6, 6.07) is 5.75. The molecule has 1 heterocycles. The molecule has 2 rings (SSSR count). The van der Waals surface area contributed by atoms with Gasteiger partial charge in [0.1, 0.15) is 0 Å². The van der Waals surface area contributed by atoms with Gasteiger partial charge in [0.05, 0.1) is 11.8 Å². The Kier molecular flexibility index (Phi) is 3.72. The fraction of sp³-hybridized carbons (Fsp3) is 0.308. The van der Waals surface area contributed by atoms with E-state index in [4.69, 9.17) is 0 Å². The Morgan fingerprint density at radius 2 is 2.06 bits per heavy atom. The summed E-state index contributed by atoms with van der Waals surface area (Å²) in [7, 11) is 1.78. The molecule has 0 saturated carbocycles. The summed E-state index contributed by atoms with van der Waals surface area (Å²) in [6.45, 7) is 0. The molecule has 1 unspecified atom stereocenters. The quantitative estimate of drug-likeness (QED) is 0.901. The van der Waals surface area contributed by atoms with Gasteiger partial charge in [-0.3, -0.25) is 4.68 Å². The number of benzene rings is 1. The Balaban J connectivity index is 2.03. The van der Waals surface area contributed by atoms with Crippen molar-refractivity contribution < 1.29 is 13.9 Å². The maximum absolute atomic E-state index is 13.4. The van der Waals surface area contributed by atoms with Crippen molar-refractivity contribution in [3.63, 3.8) is 0 Å². The van der Waals surface area contributed by atoms with Crippen LogP contribution in [0.15, 0.2) is 30.5 Å². The number of hydrogen-bond acceptors (Lipinski definition) is 2. The summed E-state index contributed by atoms with van der Waals surface area (Å²) in [4.78, 5) is 0. The molecule has 2 aromatic rings. The Morgan fingerprint density at radius 3 is 2.72 bits per heavy atom. The number of halogens is 2. The lowest BCUT2D eigenvalue weighted by Crippen LogP contribution is -2.15. The van der Waals surface area contributed by atoms with Gasteiger partial charge in [-0.15, -0.1) is 0 Å². The lowest BCUT2D eigenvalue weighted by atomic mass is 10.0. The van der Waals surface area contributed by atoms with Crippen LogP contribution in [0.3, 0.4) is 0 Å². The van der Waals surface area contributed by atoms with E-state index in [1.807, 2.05) is 0 Å². The van der Waals surface area contributed by atoms with Crippen LogP contribution in [0.1, 0.15) is 11.3 Å². The van der Waals surface area contributed by atoms with Crippen molar-refractivity contribution >= 4 is 0 Å². The van der Waals surface area contributed by atoms with Crippen LogP contribution in [0.2, 0.25) is 0 Å². The van der Waals surface area contributed by atoms with Crippen LogP contribution in [0.25, 0.3) is 0 Å². The van der Waals surface area contributed by atoms with Crippen molar-refractivity contribution in [1.29, 1.82) is 0 Å². The molecule has 0 saturated heterocycles. The molecule has 18 heavy (non-hydrogen) atoms. The molecule has 1 N–H and O–H groups in total. The predicted octanol–water partition coefficient (Wildman–Crippen LogP) is 1.84. The highest BCUT2D eigenvalue weighted by atomic mass is 19.2. The van der Waals surface area contributed by atoms with Crippen molar-refractivity contribution in [2.75, 3.05) is 0 Å². The van der Waals surface area contributed by atoms with Crippen LogP contribution in [0, 0.1) is 11.6 Å². The van der Waals surface area contributed by atoms with Crippen molar-refractivity contribution in [3.05, 3.63) is 53.4 Å². The zero-order chi connectivity index (χ0) is 13.1. The molecule has 0 fully saturated rings. The highest BCUT2D eigenvalue weighted by molar-refractivity contribution is 5.20. The molecular weight excluding hydrogens is 238 g/mol. The molecule has 0 aliphatic heterocycles. The standard InChI is InChI=1S/C13H14F2N2O/c1-17-6-5-10(16-17)8-11(18)7-9-3-2-4-12(14)13(9)15/h2-6,11,18H,7-8H2,1H3. The third-order valence-electron chi connectivity index (χ3n) is 2.70. The van der Waals surface area contributed by atoms with Gasteiger partial charge in [-0.25, -0.2) is 8.78 Å². The Morgan fingerprint density at radius 1 is 1.28 bits per heavy atom. The largest absolute Gasteiger partial charge is 0.392 e. The van der Waals surface area contributed by atoms with E-state index in [1.54, 1.807) is 24.0 Å². The van der Waals surface area contributed by atoms with Gasteiger partial charge in [-0.2, -0.15) is 5.10 Å². The zero-order valence-corrected chi connectivity index (χ0v) is 9.98. The van der Waals surface area contributed by atoms with E-state index in [-0.39, 0.29) is 12.0 Å². The maximum atomic E-state index is 13.4. The van der Waals surface area contributed by atoms with E-state index < -0.39 is 17.7 Å². The first kappa shape index (κ1) is 12.7. The lowest BCUT2D eigenvalue weighted by molar-refractivity contribution is 0.172. The van der Waals surface area contributed by atoms with Gasteiger partial charge in [-0.1, -0.05) is 12.1 Å². The number of aliphatic hydroxyl groups excluding tert-OH is 1. The second-order valence-electron chi connectivity index (χ2n) is 4.26. The van der Waals surface area contributed by atoms with Gasteiger partial charge in [0.25, 0.3) is 0 Å². The average molecular weight is 252 g/mol. The number of nitrogens with zero attached hydrogens (tertiary/aromatic N) is 2. The third kappa shape index (κ3) is 2.92. The minimum Gasteiger partial charge on any atom is -0.392 e. The molecule has 96 valence electrons. The summed E-state index contributed by atoms with van der Waals surface area (Å²) in [5, 5.41) is 14.0. The first-order valence-electron chi connectivity index (χ1n) is 5.65. The fourth-order valence-corrected chi connectivity index (χ4v) is 1.85. The van der Waals surface area contributed by atoms with Gasteiger partial charge in [-0.05, 0) is 17.7 Å². The predicted molar refractivity (Wildman–Crippen MR) is 63.0 cm³/mol. The molecule has 0 aliphatic carbocycles.